The Hall–Kier alpha value is -4.27. The van der Waals surface area contributed by atoms with Gasteiger partial charge in [0.2, 0.25) is 11.8 Å². The van der Waals surface area contributed by atoms with Crippen LogP contribution in [0.15, 0.2) is 66.1 Å². The van der Waals surface area contributed by atoms with E-state index in [1.165, 1.54) is 0 Å². The van der Waals surface area contributed by atoms with Gasteiger partial charge in [-0.3, -0.25) is 5.10 Å². The van der Waals surface area contributed by atoms with Crippen LogP contribution in [0.3, 0.4) is 0 Å². The number of rotatable bonds is 8. The number of carbonyl (C=O) groups is 2. The highest BCUT2D eigenvalue weighted by Crippen LogP contribution is 2.48. The average Bonchev–Trinajstić information content (AvgIpc) is 3.26. The molecule has 9 nitrogen and oxygen atoms in total. The van der Waals surface area contributed by atoms with Crippen LogP contribution < -0.4 is 15.2 Å². The van der Waals surface area contributed by atoms with E-state index in [1.807, 2.05) is 36.4 Å². The predicted octanol–water partition coefficient (Wildman–Crippen LogP) is 3.28. The number of hydrogen-bond donors (Lipinski definition) is 2. The number of nitrogens with zero attached hydrogens (tertiary/aromatic N) is 1. The van der Waals surface area contributed by atoms with Gasteiger partial charge in [0.05, 0.1) is 30.4 Å². The molecule has 1 atom stereocenters. The third kappa shape index (κ3) is 4.45. The lowest BCUT2D eigenvalue weighted by atomic mass is 9.82. The van der Waals surface area contributed by atoms with Gasteiger partial charge in [0.1, 0.15) is 11.3 Å². The molecule has 2 heterocycles. The molecule has 9 heteroatoms. The zero-order valence-corrected chi connectivity index (χ0v) is 18.9. The highest BCUT2D eigenvalue weighted by Gasteiger charge is 2.40. The lowest BCUT2D eigenvalue weighted by Crippen LogP contribution is -2.28. The Bertz CT molecular complexity index is 1220. The SMILES string of the molecule is CCOC(=O)COc1ccccc1C1C(C(=O)OCC)=C(N)Oc2n[nH]c(-c3ccccc3)c21. The molecule has 3 N–H and O–H groups in total. The number of para-hydroxylation sites is 1. The summed E-state index contributed by atoms with van der Waals surface area (Å²) in [4.78, 5) is 25.0. The van der Waals surface area contributed by atoms with Crippen LogP contribution in [0, 0.1) is 0 Å². The van der Waals surface area contributed by atoms with Gasteiger partial charge in [-0.25, -0.2) is 9.59 Å². The summed E-state index contributed by atoms with van der Waals surface area (Å²) in [6.07, 6.45) is 0. The van der Waals surface area contributed by atoms with Crippen molar-refractivity contribution in [2.45, 2.75) is 19.8 Å². The lowest BCUT2D eigenvalue weighted by Gasteiger charge is -2.27. The molecule has 0 spiro atoms. The van der Waals surface area contributed by atoms with Gasteiger partial charge in [0.15, 0.2) is 6.61 Å². The fourth-order valence-electron chi connectivity index (χ4n) is 3.88. The summed E-state index contributed by atoms with van der Waals surface area (Å²) >= 11 is 0. The van der Waals surface area contributed by atoms with Crippen molar-refractivity contribution in [1.29, 1.82) is 0 Å². The second kappa shape index (κ2) is 10.1. The van der Waals surface area contributed by atoms with Gasteiger partial charge in [0, 0.05) is 5.56 Å². The number of nitrogens with two attached hydrogens (primary N) is 1. The van der Waals surface area contributed by atoms with E-state index in [0.717, 1.165) is 5.56 Å². The van der Waals surface area contributed by atoms with Crippen molar-refractivity contribution in [1.82, 2.24) is 10.2 Å². The van der Waals surface area contributed by atoms with Crippen LogP contribution in [0.4, 0.5) is 0 Å². The predicted molar refractivity (Wildman–Crippen MR) is 123 cm³/mol. The molecule has 4 rings (SSSR count). The van der Waals surface area contributed by atoms with Gasteiger partial charge in [-0.2, -0.15) is 0 Å². The number of hydrogen-bond acceptors (Lipinski definition) is 8. The number of H-pyrrole nitrogens is 1. The van der Waals surface area contributed by atoms with Crippen LogP contribution in [0.2, 0.25) is 0 Å². The maximum absolute atomic E-state index is 13.0. The minimum absolute atomic E-state index is 0.109. The van der Waals surface area contributed by atoms with Crippen molar-refractivity contribution in [2.75, 3.05) is 19.8 Å². The normalized spacial score (nSPS) is 14.7. The van der Waals surface area contributed by atoms with Gasteiger partial charge in [-0.1, -0.05) is 48.5 Å². The largest absolute Gasteiger partial charge is 0.482 e. The number of aromatic nitrogens is 2. The Morgan fingerprint density at radius 3 is 2.47 bits per heavy atom. The summed E-state index contributed by atoms with van der Waals surface area (Å²) in [6.45, 7) is 3.55. The monoisotopic (exact) mass is 463 g/mol. The Labute approximate surface area is 196 Å². The number of nitrogens with one attached hydrogen (secondary N) is 1. The third-order valence-corrected chi connectivity index (χ3v) is 5.26. The first-order valence-corrected chi connectivity index (χ1v) is 10.9. The summed E-state index contributed by atoms with van der Waals surface area (Å²) in [7, 11) is 0. The summed E-state index contributed by atoms with van der Waals surface area (Å²) in [5.74, 6) is -1.31. The van der Waals surface area contributed by atoms with Crippen LogP contribution in [0.5, 0.6) is 11.6 Å². The van der Waals surface area contributed by atoms with Gasteiger partial charge in [0.25, 0.3) is 0 Å². The molecule has 3 aromatic rings. The van der Waals surface area contributed by atoms with Gasteiger partial charge in [-0.15, -0.1) is 5.10 Å². The minimum Gasteiger partial charge on any atom is -0.482 e. The molecule has 34 heavy (non-hydrogen) atoms. The summed E-state index contributed by atoms with van der Waals surface area (Å²) in [5, 5.41) is 7.31. The van der Waals surface area contributed by atoms with Crippen LogP contribution in [-0.2, 0) is 19.1 Å². The second-order valence-electron chi connectivity index (χ2n) is 7.35. The van der Waals surface area contributed by atoms with E-state index in [0.29, 0.717) is 22.6 Å². The molecule has 1 aromatic heterocycles. The molecule has 1 aliphatic heterocycles. The molecule has 2 aromatic carbocycles. The van der Waals surface area contributed by atoms with Crippen LogP contribution in [0.25, 0.3) is 11.3 Å². The van der Waals surface area contributed by atoms with E-state index in [1.54, 1.807) is 32.0 Å². The van der Waals surface area contributed by atoms with E-state index in [-0.39, 0.29) is 37.2 Å². The van der Waals surface area contributed by atoms with Crippen molar-refractivity contribution in [3.05, 3.63) is 77.2 Å². The van der Waals surface area contributed by atoms with Crippen LogP contribution in [-0.4, -0.2) is 42.0 Å². The topological polar surface area (TPSA) is 126 Å². The average molecular weight is 463 g/mol. The number of aromatic amines is 1. The second-order valence-corrected chi connectivity index (χ2v) is 7.35. The zero-order chi connectivity index (χ0) is 24.1. The fraction of sp³-hybridized carbons (Fsp3) is 0.240. The van der Waals surface area contributed by atoms with Gasteiger partial charge in [-0.05, 0) is 25.5 Å². The molecule has 176 valence electrons. The number of carbonyl (C=O) groups excluding carboxylic acids is 2. The summed E-state index contributed by atoms with van der Waals surface area (Å²) in [6, 6.07) is 16.6. The Balaban J connectivity index is 1.87. The smallest absolute Gasteiger partial charge is 0.344 e. The summed E-state index contributed by atoms with van der Waals surface area (Å²) in [5.41, 5.74) is 9.04. The number of benzene rings is 2. The molecule has 0 aliphatic carbocycles. The van der Waals surface area contributed by atoms with E-state index in [4.69, 9.17) is 24.7 Å². The number of esters is 2. The first kappa shape index (κ1) is 22.9. The van der Waals surface area contributed by atoms with E-state index in [9.17, 15) is 9.59 Å². The molecule has 0 bridgehead atoms. The molecule has 0 saturated carbocycles. The maximum Gasteiger partial charge on any atom is 0.344 e. The maximum atomic E-state index is 13.0. The van der Waals surface area contributed by atoms with Gasteiger partial charge >= 0.3 is 11.9 Å². The van der Waals surface area contributed by atoms with Crippen LogP contribution in [0.1, 0.15) is 30.9 Å². The van der Waals surface area contributed by atoms with Crippen molar-refractivity contribution in [3.8, 4) is 22.9 Å². The molecule has 1 aliphatic rings. The number of fused-ring (bicyclic) bond motifs is 1. The van der Waals surface area contributed by atoms with Crippen LogP contribution >= 0.6 is 0 Å². The Kier molecular flexibility index (Phi) is 6.82. The quantitative estimate of drug-likeness (QED) is 0.488. The number of ether oxygens (including phenoxy) is 4. The Morgan fingerprint density at radius 2 is 1.74 bits per heavy atom. The van der Waals surface area contributed by atoms with Gasteiger partial charge < -0.3 is 24.7 Å². The highest BCUT2D eigenvalue weighted by atomic mass is 16.6. The fourth-order valence-corrected chi connectivity index (χ4v) is 3.88. The highest BCUT2D eigenvalue weighted by molar-refractivity contribution is 5.93. The minimum atomic E-state index is -0.727. The molecular weight excluding hydrogens is 438 g/mol. The zero-order valence-electron chi connectivity index (χ0n) is 18.9. The first-order chi connectivity index (χ1) is 16.5. The molecule has 0 fully saturated rings. The summed E-state index contributed by atoms with van der Waals surface area (Å²) < 4.78 is 21.8. The Morgan fingerprint density at radius 1 is 1.03 bits per heavy atom. The molecule has 0 radical (unpaired) electrons. The standard InChI is InChI=1S/C25H25N3O6/c1-3-31-18(29)14-33-17-13-9-8-12-16(17)19-20-22(15-10-6-5-7-11-15)27-28-24(20)34-23(26)21(19)25(30)32-4-2/h5-13,19H,3-4,14,26H2,1-2H3,(H,27,28). The van der Waals surface area contributed by atoms with Crippen molar-refractivity contribution in [2.24, 2.45) is 5.73 Å². The third-order valence-electron chi connectivity index (χ3n) is 5.26. The van der Waals surface area contributed by atoms with E-state index < -0.39 is 17.9 Å². The molecule has 1 unspecified atom stereocenters. The molecule has 0 amide bonds. The molecular formula is C25H25N3O6. The van der Waals surface area contributed by atoms with E-state index >= 15 is 0 Å². The van der Waals surface area contributed by atoms with Crippen molar-refractivity contribution >= 4 is 11.9 Å². The van der Waals surface area contributed by atoms with Crippen molar-refractivity contribution in [3.63, 3.8) is 0 Å². The lowest BCUT2D eigenvalue weighted by molar-refractivity contribution is -0.145. The molecule has 0 saturated heterocycles. The van der Waals surface area contributed by atoms with E-state index in [2.05, 4.69) is 10.2 Å². The van der Waals surface area contributed by atoms with Crippen molar-refractivity contribution < 1.29 is 28.5 Å². The first-order valence-electron chi connectivity index (χ1n) is 10.9.